The summed E-state index contributed by atoms with van der Waals surface area (Å²) < 4.78 is 0. The average Bonchev–Trinajstić information content (AvgIpc) is 2.57. The van der Waals surface area contributed by atoms with Gasteiger partial charge in [0.05, 0.1) is 0 Å². The minimum atomic E-state index is 0.0139. The molecule has 1 saturated heterocycles. The average molecular weight is 347 g/mol. The van der Waals surface area contributed by atoms with Crippen LogP contribution in [0.15, 0.2) is 18.2 Å². The highest BCUT2D eigenvalue weighted by Crippen LogP contribution is 2.21. The molecule has 5 heteroatoms. The predicted molar refractivity (Wildman–Crippen MR) is 105 cm³/mol. The first kappa shape index (κ1) is 19.7. The quantitative estimate of drug-likeness (QED) is 0.830. The number of nitrogens with zero attached hydrogens (tertiary/aromatic N) is 2. The minimum absolute atomic E-state index is 0.0139. The maximum absolute atomic E-state index is 12.7. The third-order valence-corrected chi connectivity index (χ3v) is 5.44. The van der Waals surface area contributed by atoms with Crippen molar-refractivity contribution in [1.29, 1.82) is 0 Å². The molecule has 2 rings (SSSR count). The summed E-state index contributed by atoms with van der Waals surface area (Å²) in [6, 6.07) is 6.65. The number of carbonyl (C=O) groups is 1. The predicted octanol–water partition coefficient (Wildman–Crippen LogP) is 2.43. The molecule has 1 heterocycles. The Balaban J connectivity index is 2.01. The second-order valence-corrected chi connectivity index (χ2v) is 7.76. The topological polar surface area (TPSA) is 47.6 Å². The second-order valence-electron chi connectivity index (χ2n) is 7.76. The van der Waals surface area contributed by atoms with Crippen LogP contribution >= 0.6 is 0 Å². The molecule has 1 aliphatic rings. The van der Waals surface area contributed by atoms with E-state index < -0.39 is 0 Å². The van der Waals surface area contributed by atoms with E-state index in [-0.39, 0.29) is 5.91 Å². The van der Waals surface area contributed by atoms with Crippen LogP contribution in [0.25, 0.3) is 0 Å². The molecule has 1 aromatic carbocycles. The smallest absolute Gasteiger partial charge is 0.251 e. The van der Waals surface area contributed by atoms with Gasteiger partial charge in [0.2, 0.25) is 0 Å². The highest BCUT2D eigenvalue weighted by Gasteiger charge is 2.23. The molecule has 2 atom stereocenters. The summed E-state index contributed by atoms with van der Waals surface area (Å²) in [6.45, 7) is 12.4. The van der Waals surface area contributed by atoms with Crippen molar-refractivity contribution >= 4 is 11.6 Å². The molecule has 1 aromatic rings. The van der Waals surface area contributed by atoms with E-state index in [1.807, 2.05) is 19.1 Å². The Kier molecular flexibility index (Phi) is 6.85. The summed E-state index contributed by atoms with van der Waals surface area (Å²) in [7, 11) is 4.27. The number of benzene rings is 1. The number of likely N-dealkylation sites (N-methyl/N-ethyl adjacent to an activating group) is 2. The molecule has 2 N–H and O–H groups in total. The summed E-state index contributed by atoms with van der Waals surface area (Å²) in [5.74, 6) is 0.552. The molecule has 1 fully saturated rings. The number of carbonyl (C=O) groups excluding carboxylic acids is 1. The molecular formula is C20H34N4O. The van der Waals surface area contributed by atoms with E-state index in [0.29, 0.717) is 24.5 Å². The number of hydrogen-bond acceptors (Lipinski definition) is 4. The third kappa shape index (κ3) is 5.19. The van der Waals surface area contributed by atoms with Crippen LogP contribution in [0.4, 0.5) is 5.69 Å². The lowest BCUT2D eigenvalue weighted by Crippen LogP contribution is -2.54. The fourth-order valence-corrected chi connectivity index (χ4v) is 3.08. The van der Waals surface area contributed by atoms with E-state index in [2.05, 4.69) is 61.4 Å². The van der Waals surface area contributed by atoms with E-state index in [4.69, 9.17) is 0 Å². The van der Waals surface area contributed by atoms with Crippen molar-refractivity contribution in [2.24, 2.45) is 5.92 Å². The van der Waals surface area contributed by atoms with E-state index in [0.717, 1.165) is 36.4 Å². The number of amides is 1. The standard InChI is InChI=1S/C20H34N4O/c1-14(2)16(4)22-19-9-7-8-18(15(19)3)20(25)21-12-17-13-23(5)10-11-24(17)6/h7-9,14,16-17,22H,10-13H2,1-6H3,(H,21,25)/t16-,17-/m0/s1. The van der Waals surface area contributed by atoms with Crippen LogP contribution in [0.3, 0.4) is 0 Å². The van der Waals surface area contributed by atoms with Gasteiger partial charge in [-0.15, -0.1) is 0 Å². The normalized spacial score (nSPS) is 20.5. The van der Waals surface area contributed by atoms with Gasteiger partial charge in [0.15, 0.2) is 0 Å². The first-order chi connectivity index (χ1) is 11.8. The Labute approximate surface area is 152 Å². The Morgan fingerprint density at radius 1 is 1.24 bits per heavy atom. The van der Waals surface area contributed by atoms with Crippen LogP contribution in [-0.2, 0) is 0 Å². The molecule has 140 valence electrons. The minimum Gasteiger partial charge on any atom is -0.382 e. The van der Waals surface area contributed by atoms with Crippen molar-refractivity contribution in [3.63, 3.8) is 0 Å². The highest BCUT2D eigenvalue weighted by atomic mass is 16.1. The van der Waals surface area contributed by atoms with E-state index in [1.54, 1.807) is 0 Å². The lowest BCUT2D eigenvalue weighted by molar-refractivity contribution is 0.0880. The van der Waals surface area contributed by atoms with Gasteiger partial charge in [-0.05, 0) is 51.6 Å². The summed E-state index contributed by atoms with van der Waals surface area (Å²) in [4.78, 5) is 17.3. The molecule has 25 heavy (non-hydrogen) atoms. The molecule has 0 saturated carbocycles. The summed E-state index contributed by atoms with van der Waals surface area (Å²) in [5.41, 5.74) is 2.82. The third-order valence-electron chi connectivity index (χ3n) is 5.44. The van der Waals surface area contributed by atoms with Gasteiger partial charge in [-0.3, -0.25) is 9.69 Å². The van der Waals surface area contributed by atoms with Crippen LogP contribution < -0.4 is 10.6 Å². The van der Waals surface area contributed by atoms with Gasteiger partial charge in [0, 0.05) is 49.5 Å². The zero-order valence-electron chi connectivity index (χ0n) is 16.6. The largest absolute Gasteiger partial charge is 0.382 e. The Hall–Kier alpha value is -1.59. The molecular weight excluding hydrogens is 312 g/mol. The van der Waals surface area contributed by atoms with Gasteiger partial charge in [-0.2, -0.15) is 0 Å². The van der Waals surface area contributed by atoms with Crippen LogP contribution in [0.1, 0.15) is 36.7 Å². The number of nitrogens with one attached hydrogen (secondary N) is 2. The monoisotopic (exact) mass is 346 g/mol. The van der Waals surface area contributed by atoms with Crippen LogP contribution in [0, 0.1) is 12.8 Å². The fraction of sp³-hybridized carbons (Fsp3) is 0.650. The lowest BCUT2D eigenvalue weighted by atomic mass is 10.0. The number of piperazine rings is 1. The van der Waals surface area contributed by atoms with Crippen LogP contribution in [-0.4, -0.2) is 68.1 Å². The molecule has 0 spiro atoms. The first-order valence-corrected chi connectivity index (χ1v) is 9.32. The van der Waals surface area contributed by atoms with Crippen molar-refractivity contribution in [2.75, 3.05) is 45.6 Å². The zero-order chi connectivity index (χ0) is 18.6. The molecule has 0 radical (unpaired) electrons. The van der Waals surface area contributed by atoms with Gasteiger partial charge in [0.1, 0.15) is 0 Å². The molecule has 0 aliphatic carbocycles. The SMILES string of the molecule is Cc1c(N[C@@H](C)C(C)C)cccc1C(=O)NC[C@H]1CN(C)CCN1C. The van der Waals surface area contributed by atoms with Gasteiger partial charge < -0.3 is 15.5 Å². The first-order valence-electron chi connectivity index (χ1n) is 9.32. The maximum Gasteiger partial charge on any atom is 0.251 e. The molecule has 0 aromatic heterocycles. The van der Waals surface area contributed by atoms with E-state index >= 15 is 0 Å². The molecule has 0 unspecified atom stereocenters. The lowest BCUT2D eigenvalue weighted by Gasteiger charge is -2.37. The molecule has 1 aliphatic heterocycles. The van der Waals surface area contributed by atoms with Gasteiger partial charge in [0.25, 0.3) is 5.91 Å². The number of rotatable bonds is 6. The Morgan fingerprint density at radius 3 is 2.64 bits per heavy atom. The Morgan fingerprint density at radius 2 is 1.96 bits per heavy atom. The highest BCUT2D eigenvalue weighted by molar-refractivity contribution is 5.97. The van der Waals surface area contributed by atoms with E-state index in [9.17, 15) is 4.79 Å². The summed E-state index contributed by atoms with van der Waals surface area (Å²) in [5, 5.41) is 6.66. The van der Waals surface area contributed by atoms with Crippen molar-refractivity contribution < 1.29 is 4.79 Å². The van der Waals surface area contributed by atoms with E-state index in [1.165, 1.54) is 0 Å². The summed E-state index contributed by atoms with van der Waals surface area (Å²) >= 11 is 0. The zero-order valence-corrected chi connectivity index (χ0v) is 16.6. The molecule has 5 nitrogen and oxygen atoms in total. The van der Waals surface area contributed by atoms with Crippen molar-refractivity contribution in [3.05, 3.63) is 29.3 Å². The van der Waals surface area contributed by atoms with Gasteiger partial charge in [-0.25, -0.2) is 0 Å². The molecule has 1 amide bonds. The van der Waals surface area contributed by atoms with Crippen LogP contribution in [0.2, 0.25) is 0 Å². The van der Waals surface area contributed by atoms with Gasteiger partial charge in [-0.1, -0.05) is 19.9 Å². The second kappa shape index (κ2) is 8.68. The van der Waals surface area contributed by atoms with Gasteiger partial charge >= 0.3 is 0 Å². The maximum atomic E-state index is 12.7. The fourth-order valence-electron chi connectivity index (χ4n) is 3.08. The number of anilines is 1. The summed E-state index contributed by atoms with van der Waals surface area (Å²) in [6.07, 6.45) is 0. The van der Waals surface area contributed by atoms with Crippen molar-refractivity contribution in [3.8, 4) is 0 Å². The van der Waals surface area contributed by atoms with Crippen molar-refractivity contribution in [2.45, 2.75) is 39.8 Å². The Bertz CT molecular complexity index is 587. The number of hydrogen-bond donors (Lipinski definition) is 2. The van der Waals surface area contributed by atoms with Crippen molar-refractivity contribution in [1.82, 2.24) is 15.1 Å². The van der Waals surface area contributed by atoms with Crippen LogP contribution in [0.5, 0.6) is 0 Å². The molecule has 0 bridgehead atoms.